The third kappa shape index (κ3) is 4.34. The molecule has 1 fully saturated rings. The van der Waals surface area contributed by atoms with E-state index in [0.717, 1.165) is 5.69 Å². The van der Waals surface area contributed by atoms with Crippen molar-refractivity contribution >= 4 is 34.9 Å². The van der Waals surface area contributed by atoms with Gasteiger partial charge in [-0.15, -0.1) is 11.7 Å². The lowest BCUT2D eigenvalue weighted by molar-refractivity contribution is 0.00875. The maximum atomic E-state index is 12.8. The number of anilines is 1. The first-order chi connectivity index (χ1) is 15.0. The van der Waals surface area contributed by atoms with Crippen LogP contribution in [0.15, 0.2) is 24.8 Å². The van der Waals surface area contributed by atoms with Gasteiger partial charge < -0.3 is 19.1 Å². The number of esters is 1. The minimum Gasteiger partial charge on any atom is -0.479 e. The average molecular weight is 465 g/mol. The standard InChI is InChI=1S/C22H29ClN4O5/c1-8-14-12-25(11-13(2)26(14)21(29)32-22(3,4)5)15-9-10-16(20(28)31-7)27-18(15)17(23)19(24-27)30-6/h8-10,13-14H,1,11-12H2,2-7H3/t13-,14-/m0/s1. The van der Waals surface area contributed by atoms with Crippen LogP contribution in [-0.2, 0) is 9.47 Å². The zero-order chi connectivity index (χ0) is 23.8. The predicted molar refractivity (Wildman–Crippen MR) is 122 cm³/mol. The lowest BCUT2D eigenvalue weighted by atomic mass is 10.1. The van der Waals surface area contributed by atoms with E-state index in [1.807, 2.05) is 27.7 Å². The normalized spacial score (nSPS) is 19.1. The second-order valence-electron chi connectivity index (χ2n) is 8.62. The Labute approximate surface area is 192 Å². The molecule has 0 radical (unpaired) electrons. The number of ether oxygens (including phenoxy) is 3. The van der Waals surface area contributed by atoms with Gasteiger partial charge in [-0.2, -0.15) is 0 Å². The van der Waals surface area contributed by atoms with Crippen LogP contribution < -0.4 is 9.64 Å². The van der Waals surface area contributed by atoms with Crippen molar-refractivity contribution in [3.05, 3.63) is 35.5 Å². The van der Waals surface area contributed by atoms with Gasteiger partial charge in [0.1, 0.15) is 16.1 Å². The number of halogens is 1. The molecule has 3 heterocycles. The van der Waals surface area contributed by atoms with Crippen molar-refractivity contribution in [2.75, 3.05) is 32.2 Å². The molecule has 9 nitrogen and oxygen atoms in total. The molecule has 0 spiro atoms. The Hall–Kier alpha value is -2.94. The number of amides is 1. The van der Waals surface area contributed by atoms with Crippen molar-refractivity contribution in [2.24, 2.45) is 0 Å². The number of carbonyl (C=O) groups excluding carboxylic acids is 2. The molecule has 0 aliphatic carbocycles. The van der Waals surface area contributed by atoms with E-state index in [1.165, 1.54) is 18.7 Å². The SMILES string of the molecule is C=C[C@H]1CN(c2ccc(C(=O)OC)n3nc(OC)c(Cl)c23)C[C@H](C)N1C(=O)OC(C)(C)C. The molecule has 1 aliphatic rings. The minimum absolute atomic E-state index is 0.175. The van der Waals surface area contributed by atoms with Crippen molar-refractivity contribution < 1.29 is 23.8 Å². The Morgan fingerprint density at radius 3 is 2.50 bits per heavy atom. The van der Waals surface area contributed by atoms with Crippen LogP contribution in [0.4, 0.5) is 10.5 Å². The number of rotatable bonds is 4. The van der Waals surface area contributed by atoms with Crippen LogP contribution >= 0.6 is 11.6 Å². The predicted octanol–water partition coefficient (Wildman–Crippen LogP) is 3.78. The molecule has 10 heteroatoms. The van der Waals surface area contributed by atoms with Crippen molar-refractivity contribution in [1.29, 1.82) is 0 Å². The fourth-order valence-corrected chi connectivity index (χ4v) is 4.16. The van der Waals surface area contributed by atoms with Gasteiger partial charge in [0.25, 0.3) is 5.88 Å². The number of hydrogen-bond acceptors (Lipinski definition) is 7. The first-order valence-electron chi connectivity index (χ1n) is 10.2. The van der Waals surface area contributed by atoms with Crippen LogP contribution in [0.25, 0.3) is 5.52 Å². The summed E-state index contributed by atoms with van der Waals surface area (Å²) in [4.78, 5) is 28.9. The molecule has 1 saturated heterocycles. The summed E-state index contributed by atoms with van der Waals surface area (Å²) in [6, 6.07) is 2.96. The fraction of sp³-hybridized carbons (Fsp3) is 0.500. The molecule has 0 N–H and O–H groups in total. The summed E-state index contributed by atoms with van der Waals surface area (Å²) in [7, 11) is 2.76. The molecule has 32 heavy (non-hydrogen) atoms. The third-order valence-corrected chi connectivity index (χ3v) is 5.54. The van der Waals surface area contributed by atoms with Gasteiger partial charge in [0.05, 0.1) is 32.0 Å². The van der Waals surface area contributed by atoms with E-state index >= 15 is 0 Å². The van der Waals surface area contributed by atoms with Crippen LogP contribution in [0.3, 0.4) is 0 Å². The van der Waals surface area contributed by atoms with E-state index in [9.17, 15) is 9.59 Å². The number of carbonyl (C=O) groups is 2. The molecule has 0 unspecified atom stereocenters. The number of methoxy groups -OCH3 is 2. The first-order valence-corrected chi connectivity index (χ1v) is 10.6. The number of fused-ring (bicyclic) bond motifs is 1. The maximum absolute atomic E-state index is 12.8. The zero-order valence-corrected chi connectivity index (χ0v) is 20.0. The van der Waals surface area contributed by atoms with Crippen LogP contribution in [0.2, 0.25) is 5.02 Å². The quantitative estimate of drug-likeness (QED) is 0.502. The fourth-order valence-electron chi connectivity index (χ4n) is 3.86. The summed E-state index contributed by atoms with van der Waals surface area (Å²) in [6.45, 7) is 12.4. The highest BCUT2D eigenvalue weighted by Gasteiger charge is 2.37. The van der Waals surface area contributed by atoms with Crippen LogP contribution in [0.5, 0.6) is 5.88 Å². The second kappa shape index (κ2) is 8.90. The van der Waals surface area contributed by atoms with Crippen molar-refractivity contribution in [3.8, 4) is 5.88 Å². The molecule has 2 aromatic rings. The molecule has 1 amide bonds. The number of pyridine rings is 1. The van der Waals surface area contributed by atoms with E-state index in [2.05, 4.69) is 16.6 Å². The van der Waals surface area contributed by atoms with Gasteiger partial charge in [0.2, 0.25) is 0 Å². The summed E-state index contributed by atoms with van der Waals surface area (Å²) >= 11 is 6.57. The molecule has 0 saturated carbocycles. The zero-order valence-electron chi connectivity index (χ0n) is 19.2. The number of piperazine rings is 1. The van der Waals surface area contributed by atoms with Crippen LogP contribution in [0.1, 0.15) is 38.2 Å². The van der Waals surface area contributed by atoms with Gasteiger partial charge in [-0.1, -0.05) is 17.7 Å². The third-order valence-electron chi connectivity index (χ3n) is 5.20. The monoisotopic (exact) mass is 464 g/mol. The number of nitrogens with zero attached hydrogens (tertiary/aromatic N) is 4. The van der Waals surface area contributed by atoms with Crippen molar-refractivity contribution in [2.45, 2.75) is 45.4 Å². The van der Waals surface area contributed by atoms with Gasteiger partial charge in [0.15, 0.2) is 5.69 Å². The smallest absolute Gasteiger partial charge is 0.411 e. The molecule has 2 atom stereocenters. The Balaban J connectivity index is 2.03. The van der Waals surface area contributed by atoms with Gasteiger partial charge in [-0.3, -0.25) is 4.90 Å². The molecule has 1 aliphatic heterocycles. The Kier molecular flexibility index (Phi) is 6.59. The Morgan fingerprint density at radius 2 is 1.94 bits per heavy atom. The molecule has 2 aromatic heterocycles. The van der Waals surface area contributed by atoms with Crippen LogP contribution in [0, 0.1) is 0 Å². The number of aromatic nitrogens is 2. The summed E-state index contributed by atoms with van der Waals surface area (Å²) in [5.74, 6) is -0.347. The molecule has 0 aromatic carbocycles. The van der Waals surface area contributed by atoms with E-state index in [4.69, 9.17) is 25.8 Å². The summed E-state index contributed by atoms with van der Waals surface area (Å²) < 4.78 is 17.2. The molecule has 174 valence electrons. The molecular weight excluding hydrogens is 436 g/mol. The summed E-state index contributed by atoms with van der Waals surface area (Å²) in [5, 5.41) is 4.61. The molecule has 0 bridgehead atoms. The van der Waals surface area contributed by atoms with E-state index in [0.29, 0.717) is 18.6 Å². The second-order valence-corrected chi connectivity index (χ2v) is 9.00. The van der Waals surface area contributed by atoms with E-state index in [1.54, 1.807) is 23.1 Å². The number of hydrogen-bond donors (Lipinski definition) is 0. The van der Waals surface area contributed by atoms with Gasteiger partial charge in [-0.05, 0) is 39.8 Å². The highest BCUT2D eigenvalue weighted by molar-refractivity contribution is 6.36. The van der Waals surface area contributed by atoms with E-state index < -0.39 is 11.6 Å². The highest BCUT2D eigenvalue weighted by atomic mass is 35.5. The summed E-state index contributed by atoms with van der Waals surface area (Å²) in [6.07, 6.45) is 1.34. The van der Waals surface area contributed by atoms with Gasteiger partial charge in [-0.25, -0.2) is 14.1 Å². The average Bonchev–Trinajstić information content (AvgIpc) is 3.07. The molecule has 3 rings (SSSR count). The largest absolute Gasteiger partial charge is 0.479 e. The van der Waals surface area contributed by atoms with Crippen molar-refractivity contribution in [1.82, 2.24) is 14.5 Å². The molecular formula is C22H29ClN4O5. The van der Waals surface area contributed by atoms with E-state index in [-0.39, 0.29) is 34.8 Å². The maximum Gasteiger partial charge on any atom is 0.411 e. The highest BCUT2D eigenvalue weighted by Crippen LogP contribution is 2.37. The van der Waals surface area contributed by atoms with Crippen molar-refractivity contribution in [3.63, 3.8) is 0 Å². The Morgan fingerprint density at radius 1 is 1.25 bits per heavy atom. The van der Waals surface area contributed by atoms with Crippen LogP contribution in [-0.4, -0.2) is 71.6 Å². The lowest BCUT2D eigenvalue weighted by Gasteiger charge is -2.45. The van der Waals surface area contributed by atoms with Gasteiger partial charge in [0, 0.05) is 13.1 Å². The van der Waals surface area contributed by atoms with Gasteiger partial charge >= 0.3 is 12.1 Å². The topological polar surface area (TPSA) is 85.6 Å². The summed E-state index contributed by atoms with van der Waals surface area (Å²) in [5.41, 5.74) is 0.891. The Bertz CT molecular complexity index is 1050. The minimum atomic E-state index is -0.600. The lowest BCUT2D eigenvalue weighted by Crippen LogP contribution is -2.60. The first kappa shape index (κ1) is 23.7.